The summed E-state index contributed by atoms with van der Waals surface area (Å²) in [4.78, 5) is 14.2. The fraction of sp³-hybridized carbons (Fsp3) is 0.240. The number of anilines is 1. The summed E-state index contributed by atoms with van der Waals surface area (Å²) in [7, 11) is -4.02. The summed E-state index contributed by atoms with van der Waals surface area (Å²) in [5.74, 6) is -0.456. The van der Waals surface area contributed by atoms with Gasteiger partial charge in [-0.25, -0.2) is 12.7 Å². The number of rotatable bonds is 9. The van der Waals surface area contributed by atoms with E-state index in [9.17, 15) is 13.2 Å². The number of benzene rings is 3. The van der Waals surface area contributed by atoms with Crippen molar-refractivity contribution in [3.05, 3.63) is 90.0 Å². The molecule has 6 heteroatoms. The van der Waals surface area contributed by atoms with Gasteiger partial charge in [0.25, 0.3) is 15.9 Å². The number of aryl methyl sites for hydroxylation is 2. The molecule has 3 rings (SSSR count). The fourth-order valence-corrected chi connectivity index (χ4v) is 5.41. The Labute approximate surface area is 189 Å². The molecule has 0 N–H and O–H groups in total. The molecule has 162 valence electrons. The van der Waals surface area contributed by atoms with Crippen LogP contribution in [0.1, 0.15) is 30.9 Å². The van der Waals surface area contributed by atoms with Gasteiger partial charge in [-0.15, -0.1) is 11.8 Å². The van der Waals surface area contributed by atoms with Crippen LogP contribution in [0.3, 0.4) is 0 Å². The molecule has 1 amide bonds. The van der Waals surface area contributed by atoms with Crippen LogP contribution in [0.25, 0.3) is 0 Å². The smallest absolute Gasteiger partial charge is 0.270 e. The van der Waals surface area contributed by atoms with E-state index >= 15 is 0 Å². The minimum Gasteiger partial charge on any atom is -0.272 e. The van der Waals surface area contributed by atoms with Crippen molar-refractivity contribution in [2.45, 2.75) is 42.9 Å². The molecule has 4 nitrogen and oxygen atoms in total. The van der Waals surface area contributed by atoms with Crippen molar-refractivity contribution in [1.82, 2.24) is 0 Å². The number of hydrogen-bond acceptors (Lipinski definition) is 4. The highest BCUT2D eigenvalue weighted by molar-refractivity contribution is 8.00. The van der Waals surface area contributed by atoms with Gasteiger partial charge < -0.3 is 0 Å². The van der Waals surface area contributed by atoms with Crippen molar-refractivity contribution in [1.29, 1.82) is 0 Å². The number of hydrogen-bond donors (Lipinski definition) is 0. The third-order valence-corrected chi connectivity index (χ3v) is 7.64. The molecule has 31 heavy (non-hydrogen) atoms. The summed E-state index contributed by atoms with van der Waals surface area (Å²) in [6, 6.07) is 23.2. The largest absolute Gasteiger partial charge is 0.272 e. The Kier molecular flexibility index (Phi) is 7.93. The predicted molar refractivity (Wildman–Crippen MR) is 128 cm³/mol. The summed E-state index contributed by atoms with van der Waals surface area (Å²) in [5, 5.41) is 0. The lowest BCUT2D eigenvalue weighted by molar-refractivity contribution is -0.115. The van der Waals surface area contributed by atoms with Gasteiger partial charge in [0, 0.05) is 4.90 Å². The monoisotopic (exact) mass is 453 g/mol. The highest BCUT2D eigenvalue weighted by Crippen LogP contribution is 2.27. The quantitative estimate of drug-likeness (QED) is 0.381. The van der Waals surface area contributed by atoms with Gasteiger partial charge in [0.1, 0.15) is 0 Å². The average molecular weight is 454 g/mol. The van der Waals surface area contributed by atoms with Gasteiger partial charge in [-0.05, 0) is 61.7 Å². The van der Waals surface area contributed by atoms with Crippen LogP contribution in [-0.4, -0.2) is 20.1 Å². The SMILES string of the molecule is CCCCc1ccc(N(C(=O)CSc2ccc(C)cc2)S(=O)(=O)c2ccccc2)cc1. The number of amides is 1. The second kappa shape index (κ2) is 10.6. The molecule has 0 spiro atoms. The molecular weight excluding hydrogens is 426 g/mol. The highest BCUT2D eigenvalue weighted by Gasteiger charge is 2.30. The molecule has 0 aliphatic rings. The third kappa shape index (κ3) is 5.99. The Hall–Kier alpha value is -2.57. The Morgan fingerprint density at radius 2 is 1.55 bits per heavy atom. The van der Waals surface area contributed by atoms with E-state index in [0.29, 0.717) is 5.69 Å². The number of nitrogens with zero attached hydrogens (tertiary/aromatic N) is 1. The molecule has 0 heterocycles. The van der Waals surface area contributed by atoms with Gasteiger partial charge in [-0.3, -0.25) is 4.79 Å². The summed E-state index contributed by atoms with van der Waals surface area (Å²) >= 11 is 1.33. The maximum Gasteiger partial charge on any atom is 0.270 e. The van der Waals surface area contributed by atoms with Gasteiger partial charge in [-0.2, -0.15) is 0 Å². The number of sulfonamides is 1. The van der Waals surface area contributed by atoms with Crippen LogP contribution in [0.15, 0.2) is 88.7 Å². The first-order valence-corrected chi connectivity index (χ1v) is 12.8. The standard InChI is InChI=1S/C25H27NO3S2/c1-3-4-8-21-13-15-22(16-14-21)26(31(28,29)24-9-6-5-7-10-24)25(27)19-30-23-17-11-20(2)12-18-23/h5-7,9-18H,3-4,8,19H2,1-2H3. The van der Waals surface area contributed by atoms with Crippen LogP contribution >= 0.6 is 11.8 Å². The van der Waals surface area contributed by atoms with Crippen molar-refractivity contribution < 1.29 is 13.2 Å². The van der Waals surface area contributed by atoms with Crippen molar-refractivity contribution in [2.24, 2.45) is 0 Å². The Morgan fingerprint density at radius 1 is 0.903 bits per heavy atom. The minimum absolute atomic E-state index is 0.0205. The molecule has 0 unspecified atom stereocenters. The van der Waals surface area contributed by atoms with Crippen molar-refractivity contribution in [2.75, 3.05) is 10.1 Å². The van der Waals surface area contributed by atoms with Gasteiger partial charge in [-0.1, -0.05) is 61.4 Å². The van der Waals surface area contributed by atoms with Crippen LogP contribution in [0.4, 0.5) is 5.69 Å². The van der Waals surface area contributed by atoms with Gasteiger partial charge >= 0.3 is 0 Å². The fourth-order valence-electron chi connectivity index (χ4n) is 3.13. The van der Waals surface area contributed by atoms with E-state index < -0.39 is 15.9 Å². The van der Waals surface area contributed by atoms with E-state index in [1.807, 2.05) is 43.3 Å². The molecule has 0 bridgehead atoms. The molecule has 0 aromatic heterocycles. The minimum atomic E-state index is -4.02. The lowest BCUT2D eigenvalue weighted by Crippen LogP contribution is -2.38. The predicted octanol–water partition coefficient (Wildman–Crippen LogP) is 5.85. The van der Waals surface area contributed by atoms with Crippen LogP contribution < -0.4 is 4.31 Å². The molecule has 0 fully saturated rings. The van der Waals surface area contributed by atoms with E-state index in [0.717, 1.165) is 39.6 Å². The summed E-state index contributed by atoms with van der Waals surface area (Å²) < 4.78 is 27.7. The maximum absolute atomic E-state index is 13.4. The molecule has 0 saturated heterocycles. The van der Waals surface area contributed by atoms with E-state index in [1.165, 1.54) is 23.9 Å². The Morgan fingerprint density at radius 3 is 2.16 bits per heavy atom. The van der Waals surface area contributed by atoms with Crippen molar-refractivity contribution in [3.8, 4) is 0 Å². The highest BCUT2D eigenvalue weighted by atomic mass is 32.2. The first-order chi connectivity index (χ1) is 14.9. The molecule has 3 aromatic rings. The molecule has 0 atom stereocenters. The zero-order valence-electron chi connectivity index (χ0n) is 17.8. The van der Waals surface area contributed by atoms with Gasteiger partial charge in [0.15, 0.2) is 0 Å². The van der Waals surface area contributed by atoms with E-state index in [1.54, 1.807) is 30.3 Å². The first kappa shape index (κ1) is 23.1. The zero-order valence-corrected chi connectivity index (χ0v) is 19.5. The van der Waals surface area contributed by atoms with Crippen LogP contribution in [0.5, 0.6) is 0 Å². The summed E-state index contributed by atoms with van der Waals surface area (Å²) in [6.45, 7) is 4.13. The molecule has 3 aromatic carbocycles. The molecule has 0 aliphatic heterocycles. The van der Waals surface area contributed by atoms with E-state index in [-0.39, 0.29) is 10.6 Å². The second-order valence-electron chi connectivity index (χ2n) is 7.35. The van der Waals surface area contributed by atoms with Crippen LogP contribution in [0, 0.1) is 6.92 Å². The van der Waals surface area contributed by atoms with E-state index in [4.69, 9.17) is 0 Å². The van der Waals surface area contributed by atoms with E-state index in [2.05, 4.69) is 6.92 Å². The average Bonchev–Trinajstić information content (AvgIpc) is 2.79. The zero-order chi connectivity index (χ0) is 22.3. The van der Waals surface area contributed by atoms with Crippen molar-refractivity contribution in [3.63, 3.8) is 0 Å². The van der Waals surface area contributed by atoms with Crippen molar-refractivity contribution >= 4 is 33.4 Å². The number of unbranched alkanes of at least 4 members (excludes halogenated alkanes) is 1. The second-order valence-corrected chi connectivity index (χ2v) is 10.2. The third-order valence-electron chi connectivity index (χ3n) is 4.88. The lowest BCUT2D eigenvalue weighted by atomic mass is 10.1. The molecular formula is C25H27NO3S2. The first-order valence-electron chi connectivity index (χ1n) is 10.3. The topological polar surface area (TPSA) is 54.5 Å². The molecule has 0 radical (unpaired) electrons. The molecule has 0 saturated carbocycles. The lowest BCUT2D eigenvalue weighted by Gasteiger charge is -2.23. The Bertz CT molecular complexity index is 1090. The van der Waals surface area contributed by atoms with Crippen LogP contribution in [-0.2, 0) is 21.2 Å². The molecule has 0 aliphatic carbocycles. The van der Waals surface area contributed by atoms with Gasteiger partial charge in [0.2, 0.25) is 0 Å². The maximum atomic E-state index is 13.4. The Balaban J connectivity index is 1.90. The summed E-state index contributed by atoms with van der Waals surface area (Å²) in [6.07, 6.45) is 3.09. The number of carbonyl (C=O) groups is 1. The van der Waals surface area contributed by atoms with Crippen LogP contribution in [0.2, 0.25) is 0 Å². The number of carbonyl (C=O) groups excluding carboxylic acids is 1. The van der Waals surface area contributed by atoms with Gasteiger partial charge in [0.05, 0.1) is 16.3 Å². The normalized spacial score (nSPS) is 11.3. The summed E-state index contributed by atoms with van der Waals surface area (Å²) in [5.41, 5.74) is 2.62. The number of thioether (sulfide) groups is 1.